The van der Waals surface area contributed by atoms with Gasteiger partial charge in [0.1, 0.15) is 0 Å². The lowest BCUT2D eigenvalue weighted by molar-refractivity contribution is 0.115. The zero-order valence-corrected chi connectivity index (χ0v) is 14.4. The normalized spacial score (nSPS) is 26.9. The molecule has 1 aromatic rings. The third-order valence-electron chi connectivity index (χ3n) is 5.37. The zero-order chi connectivity index (χ0) is 14.7. The van der Waals surface area contributed by atoms with Crippen molar-refractivity contribution in [1.29, 1.82) is 0 Å². The second-order valence-corrected chi connectivity index (χ2v) is 8.39. The van der Waals surface area contributed by atoms with Crippen LogP contribution in [0, 0.1) is 12.8 Å². The van der Waals surface area contributed by atoms with Crippen LogP contribution in [0.2, 0.25) is 0 Å². The molecule has 2 atom stereocenters. The van der Waals surface area contributed by atoms with Crippen LogP contribution >= 0.6 is 11.3 Å². The number of rotatable bonds is 4. The maximum atomic E-state index is 3.80. The molecule has 1 saturated carbocycles. The first kappa shape index (κ1) is 15.5. The Morgan fingerprint density at radius 2 is 2.10 bits per heavy atom. The summed E-state index contributed by atoms with van der Waals surface area (Å²) in [6.45, 7) is 8.28. The van der Waals surface area contributed by atoms with E-state index in [0.29, 0.717) is 6.04 Å². The van der Waals surface area contributed by atoms with Crippen molar-refractivity contribution < 1.29 is 0 Å². The van der Waals surface area contributed by atoms with Gasteiger partial charge in [-0.05, 0) is 51.2 Å². The van der Waals surface area contributed by atoms with Crippen molar-refractivity contribution in [3.8, 4) is 0 Å². The minimum absolute atomic E-state index is 0.677. The quantitative estimate of drug-likeness (QED) is 0.909. The molecule has 1 saturated heterocycles. The molecule has 0 radical (unpaired) electrons. The van der Waals surface area contributed by atoms with E-state index in [1.807, 2.05) is 11.3 Å². The van der Waals surface area contributed by atoms with Crippen LogP contribution < -0.4 is 5.32 Å². The van der Waals surface area contributed by atoms with Crippen LogP contribution in [-0.4, -0.2) is 36.6 Å². The number of nitrogens with one attached hydrogen (secondary N) is 1. The second kappa shape index (κ2) is 7.26. The summed E-state index contributed by atoms with van der Waals surface area (Å²) in [6, 6.07) is 6.00. The summed E-state index contributed by atoms with van der Waals surface area (Å²) in [5.41, 5.74) is 0. The summed E-state index contributed by atoms with van der Waals surface area (Å²) in [5, 5.41) is 3.80. The van der Waals surface area contributed by atoms with Gasteiger partial charge in [-0.2, -0.15) is 0 Å². The Labute approximate surface area is 133 Å². The van der Waals surface area contributed by atoms with Gasteiger partial charge in [0.05, 0.1) is 0 Å². The molecular formula is C18H30N2S. The van der Waals surface area contributed by atoms with Crippen LogP contribution in [0.4, 0.5) is 0 Å². The van der Waals surface area contributed by atoms with Crippen molar-refractivity contribution in [3.05, 3.63) is 21.9 Å². The molecule has 2 heterocycles. The van der Waals surface area contributed by atoms with E-state index in [1.54, 1.807) is 4.88 Å². The molecule has 0 bridgehead atoms. The summed E-state index contributed by atoms with van der Waals surface area (Å²) >= 11 is 1.97. The van der Waals surface area contributed by atoms with Crippen molar-refractivity contribution in [2.75, 3.05) is 19.6 Å². The van der Waals surface area contributed by atoms with Gasteiger partial charge in [-0.1, -0.05) is 19.3 Å². The smallest absolute Gasteiger partial charge is 0.0223 e. The molecule has 2 fully saturated rings. The number of piperazine rings is 1. The van der Waals surface area contributed by atoms with Gasteiger partial charge in [-0.25, -0.2) is 0 Å². The van der Waals surface area contributed by atoms with Crippen LogP contribution in [0.3, 0.4) is 0 Å². The number of hydrogen-bond acceptors (Lipinski definition) is 3. The fourth-order valence-corrected chi connectivity index (χ4v) is 5.08. The molecule has 0 spiro atoms. The lowest BCUT2D eigenvalue weighted by Crippen LogP contribution is -2.56. The van der Waals surface area contributed by atoms with E-state index in [0.717, 1.165) is 12.0 Å². The number of nitrogens with zero attached hydrogens (tertiary/aromatic N) is 1. The first-order valence-corrected chi connectivity index (χ1v) is 9.57. The molecule has 1 aromatic heterocycles. The van der Waals surface area contributed by atoms with Crippen molar-refractivity contribution in [1.82, 2.24) is 10.2 Å². The van der Waals surface area contributed by atoms with E-state index in [-0.39, 0.29) is 0 Å². The Bertz CT molecular complexity index is 436. The van der Waals surface area contributed by atoms with Gasteiger partial charge in [0.15, 0.2) is 0 Å². The molecule has 2 unspecified atom stereocenters. The predicted molar refractivity (Wildman–Crippen MR) is 92.2 cm³/mol. The molecule has 21 heavy (non-hydrogen) atoms. The summed E-state index contributed by atoms with van der Waals surface area (Å²) in [6.07, 6.45) is 8.48. The average Bonchev–Trinajstić information content (AvgIpc) is 2.93. The first-order valence-electron chi connectivity index (χ1n) is 8.75. The highest BCUT2D eigenvalue weighted by atomic mass is 32.1. The molecule has 3 rings (SSSR count). The van der Waals surface area contributed by atoms with Crippen molar-refractivity contribution in [3.63, 3.8) is 0 Å². The highest BCUT2D eigenvalue weighted by molar-refractivity contribution is 7.11. The van der Waals surface area contributed by atoms with E-state index in [9.17, 15) is 0 Å². The Kier molecular flexibility index (Phi) is 5.36. The monoisotopic (exact) mass is 306 g/mol. The summed E-state index contributed by atoms with van der Waals surface area (Å²) in [4.78, 5) is 5.72. The molecule has 118 valence electrons. The standard InChI is InChI=1S/C18H30N2S/c1-14(12-17-9-8-15(2)21-17)20-11-10-19-18(13-20)16-6-4-3-5-7-16/h8-9,14,16,18-19H,3-7,10-13H2,1-2H3. The van der Waals surface area contributed by atoms with Crippen LogP contribution in [0.25, 0.3) is 0 Å². The molecule has 1 aliphatic heterocycles. The molecule has 2 nitrogen and oxygen atoms in total. The zero-order valence-electron chi connectivity index (χ0n) is 13.6. The van der Waals surface area contributed by atoms with Crippen LogP contribution in [0.15, 0.2) is 12.1 Å². The van der Waals surface area contributed by atoms with Crippen molar-refractivity contribution in [2.24, 2.45) is 5.92 Å². The second-order valence-electron chi connectivity index (χ2n) is 7.02. The minimum atomic E-state index is 0.677. The van der Waals surface area contributed by atoms with Crippen LogP contribution in [-0.2, 0) is 6.42 Å². The molecule has 0 amide bonds. The van der Waals surface area contributed by atoms with E-state index in [1.165, 1.54) is 63.0 Å². The van der Waals surface area contributed by atoms with E-state index in [2.05, 4.69) is 36.2 Å². The number of aryl methyl sites for hydroxylation is 1. The van der Waals surface area contributed by atoms with E-state index >= 15 is 0 Å². The third kappa shape index (κ3) is 4.08. The molecule has 0 aromatic carbocycles. The lowest BCUT2D eigenvalue weighted by atomic mass is 9.83. The largest absolute Gasteiger partial charge is 0.311 e. The number of thiophene rings is 1. The molecular weight excluding hydrogens is 276 g/mol. The third-order valence-corrected chi connectivity index (χ3v) is 6.39. The average molecular weight is 307 g/mol. The topological polar surface area (TPSA) is 15.3 Å². The predicted octanol–water partition coefficient (Wildman–Crippen LogP) is 3.84. The molecule has 1 aliphatic carbocycles. The Hall–Kier alpha value is -0.380. The van der Waals surface area contributed by atoms with Gasteiger partial charge >= 0.3 is 0 Å². The first-order chi connectivity index (χ1) is 10.2. The van der Waals surface area contributed by atoms with Gasteiger partial charge in [0.2, 0.25) is 0 Å². The highest BCUT2D eigenvalue weighted by Gasteiger charge is 2.29. The Balaban J connectivity index is 1.54. The van der Waals surface area contributed by atoms with Crippen LogP contribution in [0.5, 0.6) is 0 Å². The summed E-state index contributed by atoms with van der Waals surface area (Å²) in [7, 11) is 0. The maximum Gasteiger partial charge on any atom is 0.0223 e. The highest BCUT2D eigenvalue weighted by Crippen LogP contribution is 2.28. The SMILES string of the molecule is Cc1ccc(CC(C)N2CCNC(C3CCCCC3)C2)s1. The van der Waals surface area contributed by atoms with E-state index < -0.39 is 0 Å². The minimum Gasteiger partial charge on any atom is -0.311 e. The lowest BCUT2D eigenvalue weighted by Gasteiger charge is -2.41. The van der Waals surface area contributed by atoms with Crippen molar-refractivity contribution in [2.45, 2.75) is 64.5 Å². The Morgan fingerprint density at radius 1 is 1.29 bits per heavy atom. The van der Waals surface area contributed by atoms with Crippen LogP contribution in [0.1, 0.15) is 48.8 Å². The molecule has 3 heteroatoms. The molecule has 2 aliphatic rings. The fourth-order valence-electron chi connectivity index (χ4n) is 4.07. The summed E-state index contributed by atoms with van der Waals surface area (Å²) < 4.78 is 0. The molecule has 1 N–H and O–H groups in total. The van der Waals surface area contributed by atoms with E-state index in [4.69, 9.17) is 0 Å². The maximum absolute atomic E-state index is 3.80. The van der Waals surface area contributed by atoms with Crippen molar-refractivity contribution >= 4 is 11.3 Å². The van der Waals surface area contributed by atoms with Gasteiger partial charge in [-0.3, -0.25) is 4.90 Å². The number of hydrogen-bond donors (Lipinski definition) is 1. The Morgan fingerprint density at radius 3 is 2.81 bits per heavy atom. The fraction of sp³-hybridized carbons (Fsp3) is 0.778. The summed E-state index contributed by atoms with van der Waals surface area (Å²) in [5.74, 6) is 0.928. The van der Waals surface area contributed by atoms with Gasteiger partial charge in [-0.15, -0.1) is 11.3 Å². The van der Waals surface area contributed by atoms with Gasteiger partial charge < -0.3 is 5.32 Å². The van der Waals surface area contributed by atoms with Gasteiger partial charge in [0, 0.05) is 41.5 Å². The van der Waals surface area contributed by atoms with Gasteiger partial charge in [0.25, 0.3) is 0 Å².